The molecule has 0 aromatic heterocycles. The first-order valence-electron chi connectivity index (χ1n) is 7.93. The summed E-state index contributed by atoms with van der Waals surface area (Å²) in [5.41, 5.74) is 0. The molecule has 5 nitrogen and oxygen atoms in total. The van der Waals surface area contributed by atoms with E-state index in [-0.39, 0.29) is 5.91 Å². The summed E-state index contributed by atoms with van der Waals surface area (Å²) in [6.45, 7) is 6.18. The van der Waals surface area contributed by atoms with Crippen LogP contribution in [0.4, 0.5) is 0 Å². The van der Waals surface area contributed by atoms with E-state index < -0.39 is 0 Å². The monoisotopic (exact) mass is 359 g/mol. The number of nitrogens with zero attached hydrogens (tertiary/aromatic N) is 1. The van der Waals surface area contributed by atoms with Crippen LogP contribution < -0.4 is 15.4 Å². The summed E-state index contributed by atoms with van der Waals surface area (Å²) in [7, 11) is 0. The van der Waals surface area contributed by atoms with E-state index in [4.69, 9.17) is 27.9 Å². The van der Waals surface area contributed by atoms with Crippen molar-refractivity contribution in [2.75, 3.05) is 45.9 Å². The van der Waals surface area contributed by atoms with Gasteiger partial charge in [0, 0.05) is 45.7 Å². The van der Waals surface area contributed by atoms with Crippen molar-refractivity contribution in [1.82, 2.24) is 15.5 Å². The Kier molecular flexibility index (Phi) is 7.95. The van der Waals surface area contributed by atoms with E-state index in [2.05, 4.69) is 15.5 Å². The van der Waals surface area contributed by atoms with Gasteiger partial charge in [0.15, 0.2) is 0 Å². The van der Waals surface area contributed by atoms with Crippen molar-refractivity contribution in [2.24, 2.45) is 0 Å². The third-order valence-corrected chi connectivity index (χ3v) is 4.48. The van der Waals surface area contributed by atoms with Crippen LogP contribution in [0.15, 0.2) is 18.2 Å². The van der Waals surface area contributed by atoms with Gasteiger partial charge in [-0.1, -0.05) is 29.3 Å². The summed E-state index contributed by atoms with van der Waals surface area (Å²) in [6.07, 6.45) is 1.09. The molecule has 0 unspecified atom stereocenters. The van der Waals surface area contributed by atoms with Gasteiger partial charge < -0.3 is 15.4 Å². The second-order valence-corrected chi connectivity index (χ2v) is 6.23. The molecule has 1 saturated heterocycles. The minimum atomic E-state index is 0.0564. The molecular formula is C16H23Cl2N3O2. The minimum absolute atomic E-state index is 0.0564. The Morgan fingerprint density at radius 1 is 1.30 bits per heavy atom. The number of amides is 1. The Balaban J connectivity index is 1.55. The van der Waals surface area contributed by atoms with E-state index in [0.29, 0.717) is 41.8 Å². The summed E-state index contributed by atoms with van der Waals surface area (Å²) < 4.78 is 5.56. The number of carbonyl (C=O) groups excluding carboxylic acids is 1. The highest BCUT2D eigenvalue weighted by atomic mass is 35.5. The smallest absolute Gasteiger partial charge is 0.220 e. The maximum atomic E-state index is 11.8. The molecule has 0 radical (unpaired) electrons. The maximum Gasteiger partial charge on any atom is 0.220 e. The van der Waals surface area contributed by atoms with Crippen molar-refractivity contribution in [2.45, 2.75) is 12.8 Å². The molecule has 0 aliphatic carbocycles. The second kappa shape index (κ2) is 9.98. The number of piperazine rings is 1. The van der Waals surface area contributed by atoms with Crippen LogP contribution in [-0.4, -0.2) is 56.7 Å². The average molecular weight is 360 g/mol. The molecule has 1 aliphatic heterocycles. The summed E-state index contributed by atoms with van der Waals surface area (Å²) in [5.74, 6) is 0.610. The molecule has 128 valence electrons. The van der Waals surface area contributed by atoms with E-state index in [9.17, 15) is 4.79 Å². The molecule has 1 aromatic rings. The topological polar surface area (TPSA) is 53.6 Å². The summed E-state index contributed by atoms with van der Waals surface area (Å²) in [4.78, 5) is 14.1. The van der Waals surface area contributed by atoms with Crippen molar-refractivity contribution >= 4 is 29.1 Å². The Morgan fingerprint density at radius 2 is 2.09 bits per heavy atom. The Morgan fingerprint density at radius 3 is 2.87 bits per heavy atom. The molecule has 0 bridgehead atoms. The number of hydrogen-bond donors (Lipinski definition) is 2. The molecule has 1 aliphatic rings. The van der Waals surface area contributed by atoms with Gasteiger partial charge in [-0.2, -0.15) is 0 Å². The number of benzene rings is 1. The Bertz CT molecular complexity index is 508. The molecule has 7 heteroatoms. The van der Waals surface area contributed by atoms with Gasteiger partial charge in [-0.3, -0.25) is 9.69 Å². The van der Waals surface area contributed by atoms with Crippen LogP contribution in [-0.2, 0) is 4.79 Å². The van der Waals surface area contributed by atoms with Crippen molar-refractivity contribution in [1.29, 1.82) is 0 Å². The molecule has 23 heavy (non-hydrogen) atoms. The molecule has 0 saturated carbocycles. The fourth-order valence-electron chi connectivity index (χ4n) is 2.39. The van der Waals surface area contributed by atoms with Crippen LogP contribution in [0.1, 0.15) is 12.8 Å². The minimum Gasteiger partial charge on any atom is -0.492 e. The van der Waals surface area contributed by atoms with E-state index in [1.807, 2.05) is 0 Å². The zero-order valence-electron chi connectivity index (χ0n) is 13.1. The van der Waals surface area contributed by atoms with Crippen molar-refractivity contribution in [3.8, 4) is 5.75 Å². The predicted octanol–water partition coefficient (Wildman–Crippen LogP) is 2.17. The number of halogens is 2. The Hall–Kier alpha value is -1.01. The van der Waals surface area contributed by atoms with Gasteiger partial charge in [-0.15, -0.1) is 0 Å². The number of nitrogens with one attached hydrogen (secondary N) is 2. The van der Waals surface area contributed by atoms with Gasteiger partial charge in [0.05, 0.1) is 11.6 Å². The van der Waals surface area contributed by atoms with Crippen LogP contribution in [0.3, 0.4) is 0 Å². The summed E-state index contributed by atoms with van der Waals surface area (Å²) in [6, 6.07) is 5.26. The third-order valence-electron chi connectivity index (χ3n) is 3.68. The summed E-state index contributed by atoms with van der Waals surface area (Å²) in [5, 5.41) is 7.13. The molecule has 1 aromatic carbocycles. The van der Waals surface area contributed by atoms with Crippen molar-refractivity contribution in [3.63, 3.8) is 0 Å². The molecule has 2 N–H and O–H groups in total. The zero-order chi connectivity index (χ0) is 16.5. The highest BCUT2D eigenvalue weighted by molar-refractivity contribution is 6.42. The molecule has 1 amide bonds. The maximum absolute atomic E-state index is 11.8. The largest absolute Gasteiger partial charge is 0.492 e. The van der Waals surface area contributed by atoms with E-state index in [1.54, 1.807) is 18.2 Å². The van der Waals surface area contributed by atoms with Crippen LogP contribution in [0.2, 0.25) is 10.0 Å². The SMILES string of the molecule is O=C(CCCOc1cccc(Cl)c1Cl)NCCN1CCNCC1. The molecule has 2 rings (SSSR count). The van der Waals surface area contributed by atoms with E-state index >= 15 is 0 Å². The third kappa shape index (κ3) is 6.55. The van der Waals surface area contributed by atoms with Gasteiger partial charge in [-0.25, -0.2) is 0 Å². The van der Waals surface area contributed by atoms with E-state index in [1.165, 1.54) is 0 Å². The van der Waals surface area contributed by atoms with Crippen molar-refractivity contribution < 1.29 is 9.53 Å². The first kappa shape index (κ1) is 18.3. The number of ether oxygens (including phenoxy) is 1. The fraction of sp³-hybridized carbons (Fsp3) is 0.562. The Labute approximate surface area is 147 Å². The van der Waals surface area contributed by atoms with Gasteiger partial charge in [0.25, 0.3) is 0 Å². The standard InChI is InChI=1S/C16H23Cl2N3O2/c17-13-3-1-4-14(16(13)18)23-12-2-5-15(22)20-8-11-21-9-6-19-7-10-21/h1,3-4,19H,2,5-12H2,(H,20,22). The lowest BCUT2D eigenvalue weighted by Crippen LogP contribution is -2.46. The number of rotatable bonds is 8. The first-order valence-corrected chi connectivity index (χ1v) is 8.69. The number of carbonyl (C=O) groups is 1. The van der Waals surface area contributed by atoms with Gasteiger partial charge >= 0.3 is 0 Å². The molecule has 0 atom stereocenters. The highest BCUT2D eigenvalue weighted by Gasteiger charge is 2.09. The van der Waals surface area contributed by atoms with Gasteiger partial charge in [0.2, 0.25) is 5.91 Å². The van der Waals surface area contributed by atoms with Crippen LogP contribution in [0.5, 0.6) is 5.75 Å². The molecular weight excluding hydrogens is 337 g/mol. The zero-order valence-corrected chi connectivity index (χ0v) is 14.6. The lowest BCUT2D eigenvalue weighted by molar-refractivity contribution is -0.121. The lowest BCUT2D eigenvalue weighted by Gasteiger charge is -2.27. The van der Waals surface area contributed by atoms with Crippen LogP contribution in [0, 0.1) is 0 Å². The van der Waals surface area contributed by atoms with Crippen LogP contribution >= 0.6 is 23.2 Å². The van der Waals surface area contributed by atoms with Gasteiger partial charge in [-0.05, 0) is 18.6 Å². The lowest BCUT2D eigenvalue weighted by atomic mass is 10.3. The van der Waals surface area contributed by atoms with Crippen molar-refractivity contribution in [3.05, 3.63) is 28.2 Å². The highest BCUT2D eigenvalue weighted by Crippen LogP contribution is 2.31. The molecule has 1 heterocycles. The predicted molar refractivity (Wildman–Crippen MR) is 93.5 cm³/mol. The van der Waals surface area contributed by atoms with E-state index in [0.717, 1.165) is 32.7 Å². The average Bonchev–Trinajstić information content (AvgIpc) is 2.56. The first-order chi connectivity index (χ1) is 11.2. The number of hydrogen-bond acceptors (Lipinski definition) is 4. The second-order valence-electron chi connectivity index (χ2n) is 5.45. The molecule has 0 spiro atoms. The van der Waals surface area contributed by atoms with Crippen LogP contribution in [0.25, 0.3) is 0 Å². The molecule has 1 fully saturated rings. The normalized spacial score (nSPS) is 15.4. The summed E-state index contributed by atoms with van der Waals surface area (Å²) >= 11 is 11.9. The van der Waals surface area contributed by atoms with Gasteiger partial charge in [0.1, 0.15) is 10.8 Å². The fourth-order valence-corrected chi connectivity index (χ4v) is 2.73. The quantitative estimate of drug-likeness (QED) is 0.698.